The Morgan fingerprint density at radius 3 is 3.06 bits per heavy atom. The van der Waals surface area contributed by atoms with Gasteiger partial charge in [-0.1, -0.05) is 6.42 Å². The highest BCUT2D eigenvalue weighted by atomic mass is 16.6. The lowest BCUT2D eigenvalue weighted by Crippen LogP contribution is -2.40. The van der Waals surface area contributed by atoms with E-state index in [0.29, 0.717) is 6.54 Å². The topological polar surface area (TPSA) is 90.1 Å². The molecule has 0 amide bonds. The molecule has 0 aliphatic carbocycles. The number of hydrogen-bond acceptors (Lipinski definition) is 5. The molecule has 2 heterocycles. The summed E-state index contributed by atoms with van der Waals surface area (Å²) in [5.41, 5.74) is -0.594. The summed E-state index contributed by atoms with van der Waals surface area (Å²) < 4.78 is 1.31. The van der Waals surface area contributed by atoms with Crippen molar-refractivity contribution < 1.29 is 4.92 Å². The molecule has 2 rings (SSSR count). The van der Waals surface area contributed by atoms with Crippen molar-refractivity contribution >= 4 is 5.69 Å². The van der Waals surface area contributed by atoms with Crippen LogP contribution in [0, 0.1) is 10.1 Å². The SMILES string of the molecule is O=c1ncc([N+](=O)[O-])cn1CC1CCCCN1. The normalized spacial score (nSPS) is 20.1. The molecule has 0 saturated carbocycles. The van der Waals surface area contributed by atoms with E-state index in [1.165, 1.54) is 10.8 Å². The molecule has 92 valence electrons. The molecule has 7 heteroatoms. The number of rotatable bonds is 3. The molecule has 0 aromatic carbocycles. The molecule has 17 heavy (non-hydrogen) atoms. The van der Waals surface area contributed by atoms with Crippen LogP contribution in [0.2, 0.25) is 0 Å². The summed E-state index contributed by atoms with van der Waals surface area (Å²) in [6.45, 7) is 1.37. The van der Waals surface area contributed by atoms with Crippen LogP contribution in [0.1, 0.15) is 19.3 Å². The lowest BCUT2D eigenvalue weighted by atomic mass is 10.1. The summed E-state index contributed by atoms with van der Waals surface area (Å²) in [6.07, 6.45) is 5.49. The van der Waals surface area contributed by atoms with Crippen LogP contribution in [0.4, 0.5) is 5.69 Å². The Morgan fingerprint density at radius 1 is 1.59 bits per heavy atom. The molecule has 1 N–H and O–H groups in total. The van der Waals surface area contributed by atoms with Crippen molar-refractivity contribution in [3.8, 4) is 0 Å². The maximum absolute atomic E-state index is 11.5. The van der Waals surface area contributed by atoms with Crippen molar-refractivity contribution in [2.24, 2.45) is 0 Å². The highest BCUT2D eigenvalue weighted by Crippen LogP contribution is 2.10. The monoisotopic (exact) mass is 238 g/mol. The van der Waals surface area contributed by atoms with Gasteiger partial charge in [-0.2, -0.15) is 4.98 Å². The smallest absolute Gasteiger partial charge is 0.312 e. The number of nitro groups is 1. The summed E-state index contributed by atoms with van der Waals surface area (Å²) in [4.78, 5) is 25.0. The van der Waals surface area contributed by atoms with Gasteiger partial charge in [-0.3, -0.25) is 14.7 Å². The lowest BCUT2D eigenvalue weighted by molar-refractivity contribution is -0.385. The average Bonchev–Trinajstić information content (AvgIpc) is 2.33. The molecule has 7 nitrogen and oxygen atoms in total. The van der Waals surface area contributed by atoms with E-state index in [1.54, 1.807) is 0 Å². The summed E-state index contributed by atoms with van der Waals surface area (Å²) in [5.74, 6) is 0. The van der Waals surface area contributed by atoms with E-state index >= 15 is 0 Å². The molecule has 0 bridgehead atoms. The van der Waals surface area contributed by atoms with Crippen molar-refractivity contribution in [1.82, 2.24) is 14.9 Å². The number of hydrogen-bond donors (Lipinski definition) is 1. The highest BCUT2D eigenvalue weighted by molar-refractivity contribution is 5.20. The van der Waals surface area contributed by atoms with Crippen LogP contribution >= 0.6 is 0 Å². The second kappa shape index (κ2) is 5.05. The van der Waals surface area contributed by atoms with Crippen LogP contribution in [0.3, 0.4) is 0 Å². The number of nitrogens with zero attached hydrogens (tertiary/aromatic N) is 3. The van der Waals surface area contributed by atoms with E-state index in [9.17, 15) is 14.9 Å². The van der Waals surface area contributed by atoms with Crippen molar-refractivity contribution in [2.45, 2.75) is 31.8 Å². The molecule has 1 aromatic rings. The zero-order valence-corrected chi connectivity index (χ0v) is 9.33. The molecule has 1 atom stereocenters. The van der Waals surface area contributed by atoms with Gasteiger partial charge in [0.25, 0.3) is 0 Å². The van der Waals surface area contributed by atoms with E-state index in [4.69, 9.17) is 0 Å². The zero-order chi connectivity index (χ0) is 12.3. The molecule has 0 spiro atoms. The Kier molecular flexibility index (Phi) is 3.48. The molecule has 0 radical (unpaired) electrons. The van der Waals surface area contributed by atoms with E-state index < -0.39 is 10.6 Å². The summed E-state index contributed by atoms with van der Waals surface area (Å²) in [5, 5.41) is 13.9. The van der Waals surface area contributed by atoms with Crippen LogP contribution in [0.15, 0.2) is 17.2 Å². The Labute approximate surface area is 97.6 Å². The van der Waals surface area contributed by atoms with Crippen LogP contribution < -0.4 is 11.0 Å². The zero-order valence-electron chi connectivity index (χ0n) is 9.33. The third-order valence-electron chi connectivity index (χ3n) is 2.88. The van der Waals surface area contributed by atoms with E-state index in [0.717, 1.165) is 32.0 Å². The van der Waals surface area contributed by atoms with E-state index in [1.807, 2.05) is 0 Å². The van der Waals surface area contributed by atoms with Crippen molar-refractivity contribution in [1.29, 1.82) is 0 Å². The molecule has 1 fully saturated rings. The third-order valence-corrected chi connectivity index (χ3v) is 2.88. The minimum atomic E-state index is -0.544. The van der Waals surface area contributed by atoms with Crippen LogP contribution in [0.5, 0.6) is 0 Å². The fourth-order valence-corrected chi connectivity index (χ4v) is 1.99. The molecular weight excluding hydrogens is 224 g/mol. The summed E-state index contributed by atoms with van der Waals surface area (Å²) in [6, 6.07) is 0.199. The van der Waals surface area contributed by atoms with Gasteiger partial charge in [0.15, 0.2) is 0 Å². The fourth-order valence-electron chi connectivity index (χ4n) is 1.99. The van der Waals surface area contributed by atoms with Gasteiger partial charge in [0.05, 0.1) is 11.1 Å². The second-order valence-corrected chi connectivity index (χ2v) is 4.15. The quantitative estimate of drug-likeness (QED) is 0.604. The molecule has 1 aliphatic rings. The standard InChI is InChI=1S/C10H14N4O3/c15-10-12-5-9(14(16)17)7-13(10)6-8-3-1-2-4-11-8/h5,7-8,11H,1-4,6H2. The van der Waals surface area contributed by atoms with Gasteiger partial charge < -0.3 is 5.32 Å². The Morgan fingerprint density at radius 2 is 2.41 bits per heavy atom. The maximum Gasteiger partial charge on any atom is 0.348 e. The molecule has 1 aliphatic heterocycles. The highest BCUT2D eigenvalue weighted by Gasteiger charge is 2.15. The number of piperidine rings is 1. The average molecular weight is 238 g/mol. The molecular formula is C10H14N4O3. The molecule has 1 saturated heterocycles. The van der Waals surface area contributed by atoms with Crippen LogP contribution in [-0.4, -0.2) is 27.1 Å². The largest absolute Gasteiger partial charge is 0.348 e. The van der Waals surface area contributed by atoms with Crippen molar-refractivity contribution in [2.75, 3.05) is 6.54 Å². The van der Waals surface area contributed by atoms with Gasteiger partial charge in [0.1, 0.15) is 6.20 Å². The van der Waals surface area contributed by atoms with E-state index in [2.05, 4.69) is 10.3 Å². The second-order valence-electron chi connectivity index (χ2n) is 4.15. The maximum atomic E-state index is 11.5. The lowest BCUT2D eigenvalue weighted by Gasteiger charge is -2.23. The van der Waals surface area contributed by atoms with Gasteiger partial charge in [-0.15, -0.1) is 0 Å². The Hall–Kier alpha value is -1.76. The van der Waals surface area contributed by atoms with Gasteiger partial charge >= 0.3 is 11.4 Å². The Bertz CT molecular complexity index is 465. The van der Waals surface area contributed by atoms with Crippen molar-refractivity contribution in [3.05, 3.63) is 33.0 Å². The first kappa shape index (κ1) is 11.7. The van der Waals surface area contributed by atoms with Gasteiger partial charge in [-0.05, 0) is 19.4 Å². The predicted molar refractivity (Wildman–Crippen MR) is 60.8 cm³/mol. The predicted octanol–water partition coefficient (Wildman–Crippen LogP) is 0.294. The number of aromatic nitrogens is 2. The van der Waals surface area contributed by atoms with E-state index in [-0.39, 0.29) is 11.7 Å². The minimum absolute atomic E-state index is 0.152. The summed E-state index contributed by atoms with van der Waals surface area (Å²) >= 11 is 0. The fraction of sp³-hybridized carbons (Fsp3) is 0.600. The van der Waals surface area contributed by atoms with Gasteiger partial charge in [0, 0.05) is 12.6 Å². The van der Waals surface area contributed by atoms with Crippen LogP contribution in [-0.2, 0) is 6.54 Å². The third kappa shape index (κ3) is 2.88. The minimum Gasteiger partial charge on any atom is -0.312 e. The van der Waals surface area contributed by atoms with Gasteiger partial charge in [-0.25, -0.2) is 4.79 Å². The molecule has 1 aromatic heterocycles. The van der Waals surface area contributed by atoms with Crippen molar-refractivity contribution in [3.63, 3.8) is 0 Å². The summed E-state index contributed by atoms with van der Waals surface area (Å²) in [7, 11) is 0. The Balaban J connectivity index is 2.16. The number of nitrogens with one attached hydrogen (secondary N) is 1. The van der Waals surface area contributed by atoms with Gasteiger partial charge in [0.2, 0.25) is 0 Å². The first-order valence-corrected chi connectivity index (χ1v) is 5.61. The molecule has 1 unspecified atom stereocenters. The first-order valence-electron chi connectivity index (χ1n) is 5.61. The van der Waals surface area contributed by atoms with Crippen LogP contribution in [0.25, 0.3) is 0 Å². The first-order chi connectivity index (χ1) is 8.16.